The van der Waals surface area contributed by atoms with Gasteiger partial charge in [0.2, 0.25) is 0 Å². The van der Waals surface area contributed by atoms with E-state index in [4.69, 9.17) is 14.2 Å². The van der Waals surface area contributed by atoms with Gasteiger partial charge < -0.3 is 14.2 Å². The zero-order valence-corrected chi connectivity index (χ0v) is 14.2. The molecule has 0 aromatic heterocycles. The van der Waals surface area contributed by atoms with Crippen LogP contribution in [0.1, 0.15) is 5.56 Å². The lowest BCUT2D eigenvalue weighted by Crippen LogP contribution is -2.38. The highest BCUT2D eigenvalue weighted by Gasteiger charge is 2.27. The van der Waals surface area contributed by atoms with Gasteiger partial charge in [0.25, 0.3) is 0 Å². The monoisotopic (exact) mass is 377 g/mol. The van der Waals surface area contributed by atoms with E-state index in [9.17, 15) is 4.79 Å². The van der Waals surface area contributed by atoms with Crippen LogP contribution in [0.2, 0.25) is 0 Å². The standard InChI is InChI=1S/C17H16BrNO4/c1-21-13-9-14(18)16-15(10-13)19(7-8-22-16)17(20)23-11-12-5-3-2-4-6-12/h2-6,9-10H,7-8,11H2,1H3. The van der Waals surface area contributed by atoms with Gasteiger partial charge in [-0.05, 0) is 27.6 Å². The summed E-state index contributed by atoms with van der Waals surface area (Å²) in [4.78, 5) is 14.0. The number of nitrogens with zero attached hydrogens (tertiary/aromatic N) is 1. The Balaban J connectivity index is 1.79. The number of ether oxygens (including phenoxy) is 3. The first-order chi connectivity index (χ1) is 11.2. The highest BCUT2D eigenvalue weighted by Crippen LogP contribution is 2.41. The molecule has 1 aliphatic rings. The molecule has 0 fully saturated rings. The fourth-order valence-electron chi connectivity index (χ4n) is 2.36. The van der Waals surface area contributed by atoms with Crippen LogP contribution in [0.5, 0.6) is 11.5 Å². The molecule has 0 aliphatic carbocycles. The Morgan fingerprint density at radius 2 is 2.09 bits per heavy atom. The van der Waals surface area contributed by atoms with Crippen molar-refractivity contribution in [2.75, 3.05) is 25.2 Å². The number of carbonyl (C=O) groups is 1. The second kappa shape index (κ2) is 6.91. The molecular formula is C17H16BrNO4. The maximum absolute atomic E-state index is 12.4. The molecular weight excluding hydrogens is 362 g/mol. The minimum Gasteiger partial charge on any atom is -0.497 e. The van der Waals surface area contributed by atoms with Crippen LogP contribution in [0.3, 0.4) is 0 Å². The Bertz CT molecular complexity index is 705. The van der Waals surface area contributed by atoms with Crippen LogP contribution in [-0.4, -0.2) is 26.4 Å². The molecule has 1 amide bonds. The molecule has 6 heteroatoms. The average molecular weight is 378 g/mol. The van der Waals surface area contributed by atoms with Gasteiger partial charge in [0.15, 0.2) is 5.75 Å². The van der Waals surface area contributed by atoms with Gasteiger partial charge >= 0.3 is 6.09 Å². The lowest BCUT2D eigenvalue weighted by atomic mass is 10.2. The number of benzene rings is 2. The number of anilines is 1. The number of methoxy groups -OCH3 is 1. The third-order valence-corrected chi connectivity index (χ3v) is 4.10. The first-order valence-electron chi connectivity index (χ1n) is 7.17. The minimum absolute atomic E-state index is 0.234. The first kappa shape index (κ1) is 15.7. The Hall–Kier alpha value is -2.21. The van der Waals surface area contributed by atoms with E-state index in [1.807, 2.05) is 30.3 Å². The summed E-state index contributed by atoms with van der Waals surface area (Å²) in [6.45, 7) is 1.08. The first-order valence-corrected chi connectivity index (χ1v) is 7.97. The van der Waals surface area contributed by atoms with Gasteiger partial charge in [-0.25, -0.2) is 4.79 Å². The van der Waals surface area contributed by atoms with Crippen molar-refractivity contribution < 1.29 is 19.0 Å². The van der Waals surface area contributed by atoms with Gasteiger partial charge in [-0.1, -0.05) is 30.3 Å². The zero-order valence-electron chi connectivity index (χ0n) is 12.6. The summed E-state index contributed by atoms with van der Waals surface area (Å²) in [6, 6.07) is 13.2. The fraction of sp³-hybridized carbons (Fsp3) is 0.235. The molecule has 3 rings (SSSR count). The van der Waals surface area contributed by atoms with Crippen LogP contribution in [0, 0.1) is 0 Å². The van der Waals surface area contributed by atoms with E-state index in [0.717, 1.165) is 10.0 Å². The summed E-state index contributed by atoms with van der Waals surface area (Å²) >= 11 is 3.44. The van der Waals surface area contributed by atoms with Crippen LogP contribution < -0.4 is 14.4 Å². The van der Waals surface area contributed by atoms with E-state index in [1.54, 1.807) is 24.1 Å². The molecule has 0 N–H and O–H groups in total. The Morgan fingerprint density at radius 3 is 2.83 bits per heavy atom. The predicted molar refractivity (Wildman–Crippen MR) is 90.2 cm³/mol. The van der Waals surface area contributed by atoms with E-state index in [0.29, 0.717) is 30.3 Å². The molecule has 2 aromatic rings. The molecule has 0 unspecified atom stereocenters. The maximum atomic E-state index is 12.4. The lowest BCUT2D eigenvalue weighted by molar-refractivity contribution is 0.144. The van der Waals surface area contributed by atoms with E-state index >= 15 is 0 Å². The van der Waals surface area contributed by atoms with Crippen LogP contribution >= 0.6 is 15.9 Å². The summed E-state index contributed by atoms with van der Waals surface area (Å²) in [5.74, 6) is 1.26. The van der Waals surface area contributed by atoms with Crippen LogP contribution in [0.25, 0.3) is 0 Å². The Morgan fingerprint density at radius 1 is 1.30 bits per heavy atom. The van der Waals surface area contributed by atoms with Crippen LogP contribution in [0.4, 0.5) is 10.5 Å². The fourth-order valence-corrected chi connectivity index (χ4v) is 2.91. The van der Waals surface area contributed by atoms with Gasteiger partial charge in [-0.15, -0.1) is 0 Å². The van der Waals surface area contributed by atoms with E-state index < -0.39 is 6.09 Å². The van der Waals surface area contributed by atoms with Crippen molar-refractivity contribution in [2.24, 2.45) is 0 Å². The summed E-state index contributed by atoms with van der Waals surface area (Å²) in [6.07, 6.45) is -0.404. The number of halogens is 1. The van der Waals surface area contributed by atoms with Crippen molar-refractivity contribution in [3.05, 3.63) is 52.5 Å². The number of fused-ring (bicyclic) bond motifs is 1. The Labute approximate surface area is 142 Å². The molecule has 0 radical (unpaired) electrons. The summed E-state index contributed by atoms with van der Waals surface area (Å²) < 4.78 is 17.1. The van der Waals surface area contributed by atoms with Gasteiger partial charge in [0.05, 0.1) is 23.8 Å². The molecule has 120 valence electrons. The molecule has 0 saturated carbocycles. The zero-order chi connectivity index (χ0) is 16.2. The quantitative estimate of drug-likeness (QED) is 0.810. The smallest absolute Gasteiger partial charge is 0.414 e. The normalized spacial score (nSPS) is 13.0. The maximum Gasteiger partial charge on any atom is 0.414 e. The van der Waals surface area contributed by atoms with Gasteiger partial charge in [0.1, 0.15) is 19.0 Å². The van der Waals surface area contributed by atoms with Gasteiger partial charge in [-0.3, -0.25) is 4.90 Å². The van der Waals surface area contributed by atoms with Crippen molar-refractivity contribution in [2.45, 2.75) is 6.61 Å². The second-order valence-electron chi connectivity index (χ2n) is 5.00. The van der Waals surface area contributed by atoms with Crippen LogP contribution in [-0.2, 0) is 11.3 Å². The molecule has 0 bridgehead atoms. The van der Waals surface area contributed by atoms with E-state index in [1.165, 1.54) is 0 Å². The third-order valence-electron chi connectivity index (χ3n) is 3.51. The van der Waals surface area contributed by atoms with E-state index in [2.05, 4.69) is 15.9 Å². The average Bonchev–Trinajstić information content (AvgIpc) is 2.60. The van der Waals surface area contributed by atoms with Crippen molar-refractivity contribution in [3.8, 4) is 11.5 Å². The van der Waals surface area contributed by atoms with Crippen molar-refractivity contribution >= 4 is 27.7 Å². The summed E-state index contributed by atoms with van der Waals surface area (Å²) in [5, 5.41) is 0. The van der Waals surface area contributed by atoms with Gasteiger partial charge in [-0.2, -0.15) is 0 Å². The molecule has 1 heterocycles. The SMILES string of the molecule is COc1cc(Br)c2c(c1)N(C(=O)OCc1ccccc1)CCO2. The largest absolute Gasteiger partial charge is 0.497 e. The van der Waals surface area contributed by atoms with Gasteiger partial charge in [0, 0.05) is 6.07 Å². The number of carbonyl (C=O) groups excluding carboxylic acids is 1. The molecule has 0 saturated heterocycles. The topological polar surface area (TPSA) is 48.0 Å². The molecule has 23 heavy (non-hydrogen) atoms. The number of rotatable bonds is 3. The molecule has 5 nitrogen and oxygen atoms in total. The highest BCUT2D eigenvalue weighted by molar-refractivity contribution is 9.10. The summed E-state index contributed by atoms with van der Waals surface area (Å²) in [7, 11) is 1.58. The number of hydrogen-bond acceptors (Lipinski definition) is 4. The van der Waals surface area contributed by atoms with Crippen molar-refractivity contribution in [3.63, 3.8) is 0 Å². The Kier molecular flexibility index (Phi) is 4.71. The lowest BCUT2D eigenvalue weighted by Gasteiger charge is -2.29. The second-order valence-corrected chi connectivity index (χ2v) is 5.85. The molecule has 0 spiro atoms. The van der Waals surface area contributed by atoms with E-state index in [-0.39, 0.29) is 6.61 Å². The predicted octanol–water partition coefficient (Wildman–Crippen LogP) is 3.99. The molecule has 2 aromatic carbocycles. The van der Waals surface area contributed by atoms with Crippen LogP contribution in [0.15, 0.2) is 46.9 Å². The summed E-state index contributed by atoms with van der Waals surface area (Å²) in [5.41, 5.74) is 1.58. The molecule has 1 aliphatic heterocycles. The number of amides is 1. The molecule has 0 atom stereocenters. The third kappa shape index (κ3) is 3.42. The van der Waals surface area contributed by atoms with Crippen molar-refractivity contribution in [1.82, 2.24) is 0 Å². The van der Waals surface area contributed by atoms with Crippen molar-refractivity contribution in [1.29, 1.82) is 0 Å². The number of hydrogen-bond donors (Lipinski definition) is 0. The minimum atomic E-state index is -0.404. The highest BCUT2D eigenvalue weighted by atomic mass is 79.9.